The smallest absolute Gasteiger partial charge is 0.323 e. The van der Waals surface area contributed by atoms with Gasteiger partial charge in [0.25, 0.3) is 5.91 Å². The van der Waals surface area contributed by atoms with Crippen LogP contribution in [0.4, 0.5) is 16.2 Å². The number of rotatable bonds is 6. The standard InChI is InChI=1S/C26H27N3O5/c1-17-25(30)29(15-18-9-11-22(32-2)14-24(18)33-3)16-19-13-21(10-12-23(19)34-17)28-26(31)27-20-7-5-4-6-8-20/h4-14,17H,15-16H2,1-3H3,(H2,27,28,31)/t17-/m0/s1. The Kier molecular flexibility index (Phi) is 6.87. The topological polar surface area (TPSA) is 89.1 Å². The summed E-state index contributed by atoms with van der Waals surface area (Å²) >= 11 is 0. The van der Waals surface area contributed by atoms with Crippen LogP contribution in [0.1, 0.15) is 18.1 Å². The molecule has 0 radical (unpaired) electrons. The molecule has 0 spiro atoms. The molecule has 34 heavy (non-hydrogen) atoms. The van der Waals surface area contributed by atoms with Gasteiger partial charge in [0.1, 0.15) is 17.2 Å². The first-order valence-electron chi connectivity index (χ1n) is 10.9. The summed E-state index contributed by atoms with van der Waals surface area (Å²) in [5.74, 6) is 1.79. The normalized spacial score (nSPS) is 15.0. The van der Waals surface area contributed by atoms with Gasteiger partial charge in [-0.3, -0.25) is 4.79 Å². The molecule has 2 N–H and O–H groups in total. The fourth-order valence-corrected chi connectivity index (χ4v) is 3.81. The number of hydrogen-bond donors (Lipinski definition) is 2. The van der Waals surface area contributed by atoms with E-state index < -0.39 is 6.10 Å². The average Bonchev–Trinajstić information content (AvgIpc) is 2.96. The van der Waals surface area contributed by atoms with Crippen molar-refractivity contribution < 1.29 is 23.8 Å². The number of ether oxygens (including phenoxy) is 3. The van der Waals surface area contributed by atoms with Crippen LogP contribution < -0.4 is 24.8 Å². The van der Waals surface area contributed by atoms with E-state index >= 15 is 0 Å². The first-order valence-corrected chi connectivity index (χ1v) is 10.9. The number of hydrogen-bond acceptors (Lipinski definition) is 5. The van der Waals surface area contributed by atoms with Crippen LogP contribution in [0.15, 0.2) is 66.7 Å². The van der Waals surface area contributed by atoms with Crippen LogP contribution in [0.2, 0.25) is 0 Å². The predicted octanol–water partition coefficient (Wildman–Crippen LogP) is 4.66. The molecule has 0 fully saturated rings. The lowest BCUT2D eigenvalue weighted by atomic mass is 10.1. The first kappa shape index (κ1) is 23.0. The van der Waals surface area contributed by atoms with Crippen molar-refractivity contribution in [2.45, 2.75) is 26.1 Å². The lowest BCUT2D eigenvalue weighted by molar-refractivity contribution is -0.138. The van der Waals surface area contributed by atoms with Crippen molar-refractivity contribution in [2.24, 2.45) is 0 Å². The molecule has 1 heterocycles. The van der Waals surface area contributed by atoms with Gasteiger partial charge in [-0.15, -0.1) is 0 Å². The molecule has 1 aliphatic rings. The minimum Gasteiger partial charge on any atom is -0.497 e. The summed E-state index contributed by atoms with van der Waals surface area (Å²) in [4.78, 5) is 27.2. The number of nitrogens with zero attached hydrogens (tertiary/aromatic N) is 1. The maximum Gasteiger partial charge on any atom is 0.323 e. The summed E-state index contributed by atoms with van der Waals surface area (Å²) < 4.78 is 16.7. The SMILES string of the molecule is COc1ccc(CN2Cc3cc(NC(=O)Nc4ccccc4)ccc3O[C@@H](C)C2=O)c(OC)c1. The molecular weight excluding hydrogens is 434 g/mol. The van der Waals surface area contributed by atoms with E-state index in [-0.39, 0.29) is 11.9 Å². The largest absolute Gasteiger partial charge is 0.497 e. The third kappa shape index (κ3) is 5.23. The molecule has 0 aromatic heterocycles. The monoisotopic (exact) mass is 461 g/mol. The summed E-state index contributed by atoms with van der Waals surface area (Å²) in [7, 11) is 3.18. The number of nitrogens with one attached hydrogen (secondary N) is 2. The Morgan fingerprint density at radius 1 is 1.00 bits per heavy atom. The molecule has 0 unspecified atom stereocenters. The van der Waals surface area contributed by atoms with Crippen LogP contribution in [0.25, 0.3) is 0 Å². The molecule has 3 aromatic carbocycles. The van der Waals surface area contributed by atoms with E-state index in [1.54, 1.807) is 44.2 Å². The number of amides is 3. The quantitative estimate of drug-likeness (QED) is 0.558. The molecular formula is C26H27N3O5. The highest BCUT2D eigenvalue weighted by Crippen LogP contribution is 2.31. The highest BCUT2D eigenvalue weighted by molar-refractivity contribution is 5.99. The van der Waals surface area contributed by atoms with Crippen molar-refractivity contribution in [1.29, 1.82) is 0 Å². The molecule has 0 bridgehead atoms. The number of urea groups is 1. The van der Waals surface area contributed by atoms with Crippen LogP contribution in [0, 0.1) is 0 Å². The number of methoxy groups -OCH3 is 2. The van der Waals surface area contributed by atoms with Gasteiger partial charge in [0.05, 0.1) is 14.2 Å². The zero-order valence-corrected chi connectivity index (χ0v) is 19.3. The molecule has 3 amide bonds. The van der Waals surface area contributed by atoms with Crippen molar-refractivity contribution in [3.8, 4) is 17.2 Å². The van der Waals surface area contributed by atoms with Crippen LogP contribution >= 0.6 is 0 Å². The number of carbonyl (C=O) groups is 2. The molecule has 8 heteroatoms. The minimum absolute atomic E-state index is 0.134. The lowest BCUT2D eigenvalue weighted by Gasteiger charge is -2.23. The van der Waals surface area contributed by atoms with E-state index in [2.05, 4.69) is 10.6 Å². The van der Waals surface area contributed by atoms with Crippen molar-refractivity contribution in [2.75, 3.05) is 24.9 Å². The molecule has 176 valence electrons. The third-order valence-corrected chi connectivity index (χ3v) is 5.53. The van der Waals surface area contributed by atoms with Gasteiger partial charge in [-0.1, -0.05) is 18.2 Å². The van der Waals surface area contributed by atoms with Crippen LogP contribution in [-0.2, 0) is 17.9 Å². The van der Waals surface area contributed by atoms with E-state index in [1.165, 1.54) is 0 Å². The van der Waals surface area contributed by atoms with E-state index in [9.17, 15) is 9.59 Å². The second kappa shape index (κ2) is 10.2. The number of para-hydroxylation sites is 1. The summed E-state index contributed by atoms with van der Waals surface area (Å²) in [6.07, 6.45) is -0.648. The van der Waals surface area contributed by atoms with Gasteiger partial charge >= 0.3 is 6.03 Å². The Balaban J connectivity index is 1.54. The van der Waals surface area contributed by atoms with Gasteiger partial charge in [-0.05, 0) is 49.4 Å². The summed E-state index contributed by atoms with van der Waals surface area (Å²) in [5.41, 5.74) is 2.93. The van der Waals surface area contributed by atoms with Gasteiger partial charge < -0.3 is 29.7 Å². The number of benzene rings is 3. The van der Waals surface area contributed by atoms with Crippen LogP contribution in [0.5, 0.6) is 17.2 Å². The highest BCUT2D eigenvalue weighted by atomic mass is 16.5. The van der Waals surface area contributed by atoms with Gasteiger partial charge in [0, 0.05) is 41.7 Å². The molecule has 8 nitrogen and oxygen atoms in total. The number of fused-ring (bicyclic) bond motifs is 1. The van der Waals surface area contributed by atoms with Gasteiger partial charge in [-0.25, -0.2) is 4.79 Å². The Morgan fingerprint density at radius 3 is 2.50 bits per heavy atom. The van der Waals surface area contributed by atoms with Gasteiger partial charge in [0.15, 0.2) is 6.10 Å². The maximum atomic E-state index is 13.1. The minimum atomic E-state index is -0.648. The predicted molar refractivity (Wildman–Crippen MR) is 129 cm³/mol. The second-order valence-corrected chi connectivity index (χ2v) is 7.90. The van der Waals surface area contributed by atoms with Gasteiger partial charge in [-0.2, -0.15) is 0 Å². The van der Waals surface area contributed by atoms with Crippen LogP contribution in [-0.4, -0.2) is 37.2 Å². The maximum absolute atomic E-state index is 13.1. The number of anilines is 2. The third-order valence-electron chi connectivity index (χ3n) is 5.53. The molecule has 0 aliphatic carbocycles. The Labute approximate surface area is 198 Å². The fraction of sp³-hybridized carbons (Fsp3) is 0.231. The highest BCUT2D eigenvalue weighted by Gasteiger charge is 2.29. The summed E-state index contributed by atoms with van der Waals surface area (Å²) in [6, 6.07) is 19.7. The zero-order chi connectivity index (χ0) is 24.1. The van der Waals surface area contributed by atoms with Crippen LogP contribution in [0.3, 0.4) is 0 Å². The van der Waals surface area contributed by atoms with E-state index in [0.29, 0.717) is 41.7 Å². The molecule has 0 saturated heterocycles. The Morgan fingerprint density at radius 2 is 1.76 bits per heavy atom. The second-order valence-electron chi connectivity index (χ2n) is 7.90. The molecule has 1 atom stereocenters. The fourth-order valence-electron chi connectivity index (χ4n) is 3.81. The summed E-state index contributed by atoms with van der Waals surface area (Å²) in [6.45, 7) is 2.39. The Bertz CT molecular complexity index is 1180. The summed E-state index contributed by atoms with van der Waals surface area (Å²) in [5, 5.41) is 5.63. The zero-order valence-electron chi connectivity index (χ0n) is 19.3. The van der Waals surface area contributed by atoms with Crippen molar-refractivity contribution in [3.63, 3.8) is 0 Å². The van der Waals surface area contributed by atoms with E-state index in [4.69, 9.17) is 14.2 Å². The molecule has 0 saturated carbocycles. The van der Waals surface area contributed by atoms with E-state index in [1.807, 2.05) is 48.5 Å². The van der Waals surface area contributed by atoms with Gasteiger partial charge in [0.2, 0.25) is 0 Å². The van der Waals surface area contributed by atoms with Crippen molar-refractivity contribution in [1.82, 2.24) is 4.90 Å². The molecule has 4 rings (SSSR count). The van der Waals surface area contributed by atoms with Crippen molar-refractivity contribution in [3.05, 3.63) is 77.9 Å². The first-order chi connectivity index (χ1) is 16.5. The van der Waals surface area contributed by atoms with Crippen molar-refractivity contribution >= 4 is 23.3 Å². The molecule has 3 aromatic rings. The van der Waals surface area contributed by atoms with E-state index in [0.717, 1.165) is 11.1 Å². The average molecular weight is 462 g/mol. The number of carbonyl (C=O) groups excluding carboxylic acids is 2. The Hall–Kier alpha value is -4.20. The molecule has 1 aliphatic heterocycles. The lowest BCUT2D eigenvalue weighted by Crippen LogP contribution is -2.37.